The number of amides is 2. The van der Waals surface area contributed by atoms with Crippen LogP contribution in [0.25, 0.3) is 11.4 Å². The Balaban J connectivity index is 0.934. The summed E-state index contributed by atoms with van der Waals surface area (Å²) in [5, 5.41) is 5.86. The number of nitrogens with one attached hydrogen (secondary N) is 2. The number of morpholine rings is 2. The highest BCUT2D eigenvalue weighted by Crippen LogP contribution is 2.43. The maximum Gasteiger partial charge on any atom is 0.323 e. The van der Waals surface area contributed by atoms with Crippen LogP contribution >= 0.6 is 0 Å². The average Bonchev–Trinajstić information content (AvgIpc) is 3.43. The number of halogens is 2. The monoisotopic (exact) mass is 658 g/mol. The Hall–Kier alpha value is -3.94. The summed E-state index contributed by atoms with van der Waals surface area (Å²) in [4.78, 5) is 33.7. The predicted molar refractivity (Wildman–Crippen MR) is 177 cm³/mol. The van der Waals surface area contributed by atoms with Crippen LogP contribution in [0.2, 0.25) is 0 Å². The van der Waals surface area contributed by atoms with Crippen molar-refractivity contribution in [1.29, 1.82) is 0 Å². The second-order valence-electron chi connectivity index (χ2n) is 14.2. The minimum absolute atomic E-state index is 0.182. The summed E-state index contributed by atoms with van der Waals surface area (Å²) in [6.45, 7) is 4.81. The lowest BCUT2D eigenvalue weighted by atomic mass is 9.67. The molecule has 1 aromatic heterocycles. The van der Waals surface area contributed by atoms with Gasteiger partial charge in [-0.1, -0.05) is 12.1 Å². The maximum atomic E-state index is 15.0. The van der Waals surface area contributed by atoms with Crippen molar-refractivity contribution < 1.29 is 23.0 Å². The van der Waals surface area contributed by atoms with Crippen LogP contribution in [-0.2, 0) is 14.9 Å². The molecule has 6 atom stereocenters. The van der Waals surface area contributed by atoms with Gasteiger partial charge in [-0.25, -0.2) is 13.6 Å². The number of rotatable bonds is 6. The van der Waals surface area contributed by atoms with Crippen molar-refractivity contribution >= 4 is 29.3 Å². The summed E-state index contributed by atoms with van der Waals surface area (Å²) < 4.78 is 41.3. The van der Waals surface area contributed by atoms with Crippen molar-refractivity contribution in [3.63, 3.8) is 0 Å². The molecular formula is C35H40F2N8O3. The van der Waals surface area contributed by atoms with Gasteiger partial charge in [0.05, 0.1) is 50.6 Å². The number of urea groups is 1. The van der Waals surface area contributed by atoms with Gasteiger partial charge in [0.2, 0.25) is 11.9 Å². The lowest BCUT2D eigenvalue weighted by molar-refractivity contribution is 0.0810. The number of alkyl halides is 2. The van der Waals surface area contributed by atoms with E-state index in [0.29, 0.717) is 55.0 Å². The molecule has 48 heavy (non-hydrogen) atoms. The Labute approximate surface area is 278 Å². The molecule has 0 spiro atoms. The molecule has 252 valence electrons. The predicted octanol–water partition coefficient (Wildman–Crippen LogP) is 4.55. The van der Waals surface area contributed by atoms with Gasteiger partial charge < -0.3 is 34.8 Å². The van der Waals surface area contributed by atoms with E-state index in [0.717, 1.165) is 5.69 Å². The van der Waals surface area contributed by atoms with Gasteiger partial charge in [-0.15, -0.1) is 0 Å². The maximum absolute atomic E-state index is 15.0. The van der Waals surface area contributed by atoms with Crippen LogP contribution in [-0.4, -0.2) is 108 Å². The van der Waals surface area contributed by atoms with E-state index in [2.05, 4.69) is 27.7 Å². The minimum atomic E-state index is -1.05. The Morgan fingerprint density at radius 1 is 0.708 bits per heavy atom. The Morgan fingerprint density at radius 2 is 1.21 bits per heavy atom. The summed E-state index contributed by atoms with van der Waals surface area (Å²) in [6.07, 6.45) is 2.20. The van der Waals surface area contributed by atoms with E-state index >= 15 is 0 Å². The van der Waals surface area contributed by atoms with E-state index in [9.17, 15) is 13.6 Å². The highest BCUT2D eigenvalue weighted by molar-refractivity contribution is 5.99. The number of carbonyl (C=O) groups is 1. The zero-order valence-electron chi connectivity index (χ0n) is 26.7. The number of piperidine rings is 3. The van der Waals surface area contributed by atoms with E-state index < -0.39 is 24.4 Å². The fourth-order valence-electron chi connectivity index (χ4n) is 8.77. The minimum Gasteiger partial charge on any atom is -0.377 e. The number of anilines is 4. The number of carbonyl (C=O) groups excluding carboxylic acids is 1. The van der Waals surface area contributed by atoms with Crippen LogP contribution in [0, 0.1) is 0 Å². The molecule has 13 heteroatoms. The van der Waals surface area contributed by atoms with Crippen molar-refractivity contribution in [3.8, 4) is 11.4 Å². The normalized spacial score (nSPS) is 33.6. The van der Waals surface area contributed by atoms with E-state index in [1.807, 2.05) is 34.1 Å². The summed E-state index contributed by atoms with van der Waals surface area (Å²) in [5.41, 5.74) is 3.68. The second kappa shape index (κ2) is 11.9. The number of hydrogen-bond acceptors (Lipinski definition) is 9. The summed E-state index contributed by atoms with van der Waals surface area (Å²) in [6, 6.07) is 13.9. The molecule has 2 amide bonds. The third-order valence-electron chi connectivity index (χ3n) is 11.5. The van der Waals surface area contributed by atoms with Gasteiger partial charge >= 0.3 is 6.03 Å². The van der Waals surface area contributed by atoms with Gasteiger partial charge in [0, 0.05) is 29.8 Å². The quantitative estimate of drug-likeness (QED) is 0.395. The first-order chi connectivity index (χ1) is 23.4. The van der Waals surface area contributed by atoms with Gasteiger partial charge in [0.25, 0.3) is 0 Å². The summed E-state index contributed by atoms with van der Waals surface area (Å²) in [7, 11) is 0. The SMILES string of the molecule is O=C(Nc1ccc(-c2nc(N3[C@@H]4COC[C@H]3[C@H](F)C4)nc(N3[C@@H]4COC[C@H]3[C@H](F)C4)n2)cc1)Nc1ccc(C23CCN(CC2)CC3)cc1. The number of nitrogens with zero attached hydrogens (tertiary/aromatic N) is 6. The highest BCUT2D eigenvalue weighted by atomic mass is 19.1. The van der Waals surface area contributed by atoms with Crippen molar-refractivity contribution in [1.82, 2.24) is 19.9 Å². The number of aromatic nitrogens is 3. The third-order valence-corrected chi connectivity index (χ3v) is 11.5. The van der Waals surface area contributed by atoms with Crippen LogP contribution in [0.1, 0.15) is 37.7 Å². The molecule has 10 rings (SSSR count). The fourth-order valence-corrected chi connectivity index (χ4v) is 8.77. The first kappa shape index (κ1) is 30.1. The fraction of sp³-hybridized carbons (Fsp3) is 0.543. The van der Waals surface area contributed by atoms with E-state index in [-0.39, 0.29) is 36.7 Å². The van der Waals surface area contributed by atoms with E-state index in [4.69, 9.17) is 24.4 Å². The number of fused-ring (bicyclic) bond motifs is 7. The Morgan fingerprint density at radius 3 is 1.71 bits per heavy atom. The van der Waals surface area contributed by atoms with Crippen LogP contribution < -0.4 is 20.4 Å². The smallest absolute Gasteiger partial charge is 0.323 e. The first-order valence-corrected chi connectivity index (χ1v) is 17.2. The first-order valence-electron chi connectivity index (χ1n) is 17.2. The van der Waals surface area contributed by atoms with Crippen LogP contribution in [0.15, 0.2) is 48.5 Å². The molecule has 2 N–H and O–H groups in total. The van der Waals surface area contributed by atoms with Gasteiger partial charge in [-0.05, 0) is 86.3 Å². The van der Waals surface area contributed by atoms with Crippen LogP contribution in [0.4, 0.5) is 36.8 Å². The van der Waals surface area contributed by atoms with Crippen molar-refractivity contribution in [3.05, 3.63) is 54.1 Å². The van der Waals surface area contributed by atoms with Crippen molar-refractivity contribution in [2.45, 2.75) is 74.0 Å². The molecule has 7 aliphatic rings. The molecule has 0 saturated carbocycles. The number of hydrogen-bond donors (Lipinski definition) is 2. The van der Waals surface area contributed by atoms with Crippen molar-refractivity contribution in [2.75, 3.05) is 66.5 Å². The molecule has 7 aliphatic heterocycles. The number of benzene rings is 2. The lowest BCUT2D eigenvalue weighted by Gasteiger charge is -2.48. The topological polar surface area (TPSA) is 108 Å². The molecule has 0 radical (unpaired) electrons. The molecule has 0 unspecified atom stereocenters. The van der Waals surface area contributed by atoms with Crippen LogP contribution in [0.5, 0.6) is 0 Å². The number of ether oxygens (including phenoxy) is 2. The highest BCUT2D eigenvalue weighted by Gasteiger charge is 2.49. The molecule has 7 fully saturated rings. The average molecular weight is 659 g/mol. The molecule has 11 nitrogen and oxygen atoms in total. The molecule has 0 aliphatic carbocycles. The summed E-state index contributed by atoms with van der Waals surface area (Å²) >= 11 is 0. The molecular weight excluding hydrogens is 618 g/mol. The molecule has 7 saturated heterocycles. The molecule has 3 aromatic rings. The zero-order valence-corrected chi connectivity index (χ0v) is 26.7. The van der Waals surface area contributed by atoms with Crippen molar-refractivity contribution in [2.24, 2.45) is 0 Å². The molecule has 2 aromatic carbocycles. The van der Waals surface area contributed by atoms with E-state index in [1.165, 1.54) is 44.5 Å². The largest absolute Gasteiger partial charge is 0.377 e. The zero-order chi connectivity index (χ0) is 32.4. The lowest BCUT2D eigenvalue weighted by Crippen LogP contribution is -2.50. The van der Waals surface area contributed by atoms with Gasteiger partial charge in [-0.2, -0.15) is 15.0 Å². The van der Waals surface area contributed by atoms with Gasteiger partial charge in [0.1, 0.15) is 12.3 Å². The Kier molecular flexibility index (Phi) is 7.46. The van der Waals surface area contributed by atoms with Crippen LogP contribution in [0.3, 0.4) is 0 Å². The molecule has 8 heterocycles. The summed E-state index contributed by atoms with van der Waals surface area (Å²) in [5.74, 6) is 1.14. The standard InChI is InChI=1S/C35H40F2N8O3/c36-27-15-25-17-47-19-29(27)44(25)32-40-31(41-33(42-32)45-26-16-28(37)30(45)20-48-18-26)21-1-5-23(6-2-21)38-34(46)39-24-7-3-22(4-8-24)35-9-12-43(13-10-35)14-11-35/h1-8,25-30H,9-20H2,(H2,38,39,46)/t25-,26-,27+,28+,29-,30-/m0/s1. The van der Waals surface area contributed by atoms with Gasteiger partial charge in [-0.3, -0.25) is 0 Å². The third kappa shape index (κ3) is 5.26. The molecule has 6 bridgehead atoms. The van der Waals surface area contributed by atoms with E-state index in [1.54, 1.807) is 12.1 Å². The van der Waals surface area contributed by atoms with Gasteiger partial charge in [0.15, 0.2) is 5.82 Å². The Bertz CT molecular complexity index is 1610. The second-order valence-corrected chi connectivity index (χ2v) is 14.2.